The number of nitrogen functional groups attached to an aromatic ring is 1. The first kappa shape index (κ1) is 21.3. The Labute approximate surface area is 181 Å². The van der Waals surface area contributed by atoms with Crippen LogP contribution in [-0.2, 0) is 22.5 Å². The molecule has 4 heterocycles. The highest BCUT2D eigenvalue weighted by atomic mass is 16.5. The molecule has 0 unspecified atom stereocenters. The fraction of sp³-hybridized carbons (Fsp3) is 0.524. The average molecular weight is 428 g/mol. The van der Waals surface area contributed by atoms with Crippen LogP contribution in [0.1, 0.15) is 24.0 Å². The fourth-order valence-corrected chi connectivity index (χ4v) is 3.70. The van der Waals surface area contributed by atoms with Gasteiger partial charge in [0.1, 0.15) is 24.3 Å². The minimum Gasteiger partial charge on any atom is -0.474 e. The monoisotopic (exact) mass is 428 g/mol. The number of aromatic nitrogens is 3. The zero-order valence-corrected chi connectivity index (χ0v) is 17.9. The van der Waals surface area contributed by atoms with Gasteiger partial charge >= 0.3 is 6.01 Å². The molecule has 0 saturated carbocycles. The number of methoxy groups -OCH3 is 1. The van der Waals surface area contributed by atoms with Crippen LogP contribution < -0.4 is 20.1 Å². The molecule has 1 saturated heterocycles. The van der Waals surface area contributed by atoms with Gasteiger partial charge in [-0.1, -0.05) is 6.07 Å². The highest BCUT2D eigenvalue weighted by molar-refractivity contribution is 6.01. The van der Waals surface area contributed by atoms with Crippen LogP contribution in [0.25, 0.3) is 0 Å². The highest BCUT2D eigenvalue weighted by Crippen LogP contribution is 2.33. The third kappa shape index (κ3) is 5.02. The van der Waals surface area contributed by atoms with Gasteiger partial charge < -0.3 is 24.8 Å². The molecule has 166 valence electrons. The summed E-state index contributed by atoms with van der Waals surface area (Å²) >= 11 is 0. The lowest BCUT2D eigenvalue weighted by Gasteiger charge is -2.28. The van der Waals surface area contributed by atoms with Gasteiger partial charge in [0.2, 0.25) is 11.8 Å². The van der Waals surface area contributed by atoms with Crippen molar-refractivity contribution in [2.24, 2.45) is 0 Å². The number of carbonyl (C=O) groups is 1. The molecule has 0 atom stereocenters. The third-order valence-corrected chi connectivity index (χ3v) is 5.49. The second kappa shape index (κ2) is 9.44. The van der Waals surface area contributed by atoms with Crippen molar-refractivity contribution in [3.8, 4) is 11.9 Å². The zero-order valence-electron chi connectivity index (χ0n) is 17.9. The summed E-state index contributed by atoms with van der Waals surface area (Å²) in [5, 5.41) is 0. The van der Waals surface area contributed by atoms with Crippen LogP contribution in [0.4, 0.5) is 11.6 Å². The maximum Gasteiger partial charge on any atom is 0.320 e. The molecule has 10 heteroatoms. The number of nitrogens with two attached hydrogens (primary N) is 1. The molecule has 2 aliphatic heterocycles. The van der Waals surface area contributed by atoms with Crippen LogP contribution in [0.2, 0.25) is 0 Å². The van der Waals surface area contributed by atoms with Crippen LogP contribution in [-0.4, -0.2) is 72.3 Å². The van der Waals surface area contributed by atoms with E-state index >= 15 is 0 Å². The lowest BCUT2D eigenvalue weighted by Crippen LogP contribution is -2.35. The van der Waals surface area contributed by atoms with Gasteiger partial charge in [-0.2, -0.15) is 9.97 Å². The molecule has 10 nitrogen and oxygen atoms in total. The molecule has 0 bridgehead atoms. The number of carbonyl (C=O) groups excluding carboxylic acids is 1. The van der Waals surface area contributed by atoms with E-state index in [4.69, 9.17) is 19.9 Å². The molecule has 2 aliphatic rings. The molecule has 0 spiro atoms. The SMILES string of the molecule is COCCOc1nc(N)c2c(n1)N(Cc1ccc(OC3CCN(C)CC3)nc1)C(=O)C2. The van der Waals surface area contributed by atoms with E-state index in [2.05, 4.69) is 26.9 Å². The summed E-state index contributed by atoms with van der Waals surface area (Å²) in [5.41, 5.74) is 7.53. The van der Waals surface area contributed by atoms with Gasteiger partial charge in [-0.15, -0.1) is 0 Å². The number of hydrogen-bond donors (Lipinski definition) is 1. The van der Waals surface area contributed by atoms with Crippen molar-refractivity contribution in [3.63, 3.8) is 0 Å². The maximum atomic E-state index is 12.6. The second-order valence-electron chi connectivity index (χ2n) is 7.82. The Balaban J connectivity index is 1.43. The number of piperidine rings is 1. The lowest BCUT2D eigenvalue weighted by molar-refractivity contribution is -0.117. The number of hydrogen-bond acceptors (Lipinski definition) is 9. The number of anilines is 2. The largest absolute Gasteiger partial charge is 0.474 e. The van der Waals surface area contributed by atoms with Crippen LogP contribution in [0.15, 0.2) is 18.3 Å². The topological polar surface area (TPSA) is 116 Å². The minimum absolute atomic E-state index is 0.0864. The van der Waals surface area contributed by atoms with Crippen molar-refractivity contribution in [1.29, 1.82) is 0 Å². The van der Waals surface area contributed by atoms with Gasteiger partial charge in [-0.25, -0.2) is 4.98 Å². The molecular formula is C21H28N6O4. The Kier molecular flexibility index (Phi) is 6.47. The Morgan fingerprint density at radius 2 is 2.00 bits per heavy atom. The van der Waals surface area contributed by atoms with E-state index in [1.165, 1.54) is 0 Å². The standard InChI is InChI=1S/C21H28N6O4/c1-26-7-5-15(6-8-26)31-17-4-3-14(12-23-17)13-27-18(28)11-16-19(22)24-21(25-20(16)27)30-10-9-29-2/h3-4,12,15H,5-11,13H2,1-2H3,(H2,22,24,25). The number of amides is 1. The molecule has 2 N–H and O–H groups in total. The number of ether oxygens (including phenoxy) is 3. The van der Waals surface area contributed by atoms with Gasteiger partial charge in [-0.3, -0.25) is 9.69 Å². The molecule has 0 aromatic carbocycles. The molecular weight excluding hydrogens is 400 g/mol. The number of rotatable bonds is 8. The van der Waals surface area contributed by atoms with Crippen molar-refractivity contribution in [2.45, 2.75) is 31.9 Å². The second-order valence-corrected chi connectivity index (χ2v) is 7.82. The zero-order chi connectivity index (χ0) is 21.8. The van der Waals surface area contributed by atoms with E-state index in [1.54, 1.807) is 18.2 Å². The molecule has 0 aliphatic carbocycles. The van der Waals surface area contributed by atoms with Crippen molar-refractivity contribution in [1.82, 2.24) is 19.9 Å². The number of likely N-dealkylation sites (tertiary alicyclic amines) is 1. The lowest BCUT2D eigenvalue weighted by atomic mass is 10.1. The first-order valence-electron chi connectivity index (χ1n) is 10.4. The Morgan fingerprint density at radius 3 is 2.71 bits per heavy atom. The summed E-state index contributed by atoms with van der Waals surface area (Å²) in [6.45, 7) is 3.09. The third-order valence-electron chi connectivity index (χ3n) is 5.49. The van der Waals surface area contributed by atoms with Gasteiger partial charge in [0, 0.05) is 38.0 Å². The summed E-state index contributed by atoms with van der Waals surface area (Å²) in [7, 11) is 3.70. The quantitative estimate of drug-likeness (QED) is 0.616. The van der Waals surface area contributed by atoms with Gasteiger partial charge in [-0.05, 0) is 25.5 Å². The van der Waals surface area contributed by atoms with E-state index < -0.39 is 0 Å². The van der Waals surface area contributed by atoms with Crippen molar-refractivity contribution >= 4 is 17.5 Å². The predicted octanol–water partition coefficient (Wildman–Crippen LogP) is 1.04. The van der Waals surface area contributed by atoms with E-state index in [1.807, 2.05) is 12.1 Å². The molecule has 4 rings (SSSR count). The average Bonchev–Trinajstić information content (AvgIpc) is 3.07. The van der Waals surface area contributed by atoms with Crippen LogP contribution >= 0.6 is 0 Å². The number of fused-ring (bicyclic) bond motifs is 1. The van der Waals surface area contributed by atoms with Crippen molar-refractivity contribution in [2.75, 3.05) is 51.1 Å². The van der Waals surface area contributed by atoms with E-state index in [9.17, 15) is 4.79 Å². The Hall–Kier alpha value is -2.98. The number of pyridine rings is 1. The van der Waals surface area contributed by atoms with E-state index in [0.29, 0.717) is 37.0 Å². The van der Waals surface area contributed by atoms with Gasteiger partial charge in [0.25, 0.3) is 0 Å². The van der Waals surface area contributed by atoms with Crippen molar-refractivity contribution < 1.29 is 19.0 Å². The molecule has 2 aromatic heterocycles. The van der Waals surface area contributed by atoms with Crippen molar-refractivity contribution in [3.05, 3.63) is 29.5 Å². The first-order valence-corrected chi connectivity index (χ1v) is 10.4. The van der Waals surface area contributed by atoms with Gasteiger partial charge in [0.15, 0.2) is 0 Å². The summed E-state index contributed by atoms with van der Waals surface area (Å²) in [6.07, 6.45) is 4.09. The maximum absolute atomic E-state index is 12.6. The normalized spacial score (nSPS) is 17.1. The van der Waals surface area contributed by atoms with E-state index in [-0.39, 0.29) is 30.3 Å². The molecule has 0 radical (unpaired) electrons. The smallest absolute Gasteiger partial charge is 0.320 e. The number of nitrogens with zero attached hydrogens (tertiary/aromatic N) is 5. The van der Waals surface area contributed by atoms with E-state index in [0.717, 1.165) is 31.5 Å². The van der Waals surface area contributed by atoms with Gasteiger partial charge in [0.05, 0.1) is 19.6 Å². The molecule has 1 fully saturated rings. The van der Waals surface area contributed by atoms with Crippen LogP contribution in [0.3, 0.4) is 0 Å². The summed E-state index contributed by atoms with van der Waals surface area (Å²) in [5.74, 6) is 1.26. The highest BCUT2D eigenvalue weighted by Gasteiger charge is 2.32. The van der Waals surface area contributed by atoms with Crippen LogP contribution in [0.5, 0.6) is 11.9 Å². The molecule has 2 aromatic rings. The Morgan fingerprint density at radius 1 is 1.19 bits per heavy atom. The minimum atomic E-state index is -0.0864. The first-order chi connectivity index (χ1) is 15.0. The Bertz CT molecular complexity index is 915. The summed E-state index contributed by atoms with van der Waals surface area (Å²) in [4.78, 5) is 29.5. The molecule has 1 amide bonds. The summed E-state index contributed by atoms with van der Waals surface area (Å²) < 4.78 is 16.5. The summed E-state index contributed by atoms with van der Waals surface area (Å²) in [6, 6.07) is 3.90. The predicted molar refractivity (Wildman–Crippen MR) is 114 cm³/mol. The van der Waals surface area contributed by atoms with Crippen LogP contribution in [0, 0.1) is 0 Å². The molecule has 31 heavy (non-hydrogen) atoms. The fourth-order valence-electron chi connectivity index (χ4n) is 3.70.